The molecular weight excluding hydrogens is 296 g/mol. The Morgan fingerprint density at radius 1 is 0.952 bits per heavy atom. The van der Waals surface area contributed by atoms with E-state index in [-0.39, 0.29) is 10.6 Å². The molecule has 0 unspecified atom stereocenters. The smallest absolute Gasteiger partial charge is 0.258 e. The maximum atomic E-state index is 12.4. The maximum absolute atomic E-state index is 12.4. The van der Waals surface area contributed by atoms with Crippen LogP contribution in [0.1, 0.15) is 0 Å². The maximum Gasteiger partial charge on any atom is 0.299 e. The quantitative estimate of drug-likeness (QED) is 0.537. The summed E-state index contributed by atoms with van der Waals surface area (Å²) in [6, 6.07) is 11.3. The molecule has 0 saturated carbocycles. The van der Waals surface area contributed by atoms with Crippen molar-refractivity contribution in [3.63, 3.8) is 0 Å². The van der Waals surface area contributed by atoms with E-state index < -0.39 is 14.9 Å². The number of fused-ring (bicyclic) bond motifs is 1. The van der Waals surface area contributed by atoms with Gasteiger partial charge in [0.15, 0.2) is 0 Å². The fraction of sp³-hybridized carbons (Fsp3) is 0. The van der Waals surface area contributed by atoms with Gasteiger partial charge in [-0.15, -0.1) is 10.2 Å². The molecule has 0 amide bonds. The summed E-state index contributed by atoms with van der Waals surface area (Å²) in [5.41, 5.74) is 0.707. The van der Waals surface area contributed by atoms with Crippen molar-refractivity contribution in [2.45, 2.75) is 4.90 Å². The number of benzene rings is 2. The Morgan fingerprint density at radius 2 is 1.48 bits per heavy atom. The molecule has 106 valence electrons. The van der Waals surface area contributed by atoms with E-state index in [0.29, 0.717) is 15.2 Å². The van der Waals surface area contributed by atoms with E-state index in [1.165, 1.54) is 0 Å². The molecule has 0 atom stereocenters. The van der Waals surface area contributed by atoms with E-state index >= 15 is 0 Å². The van der Waals surface area contributed by atoms with Crippen LogP contribution in [0.3, 0.4) is 0 Å². The van der Waals surface area contributed by atoms with E-state index in [2.05, 4.69) is 10.2 Å². The van der Waals surface area contributed by atoms with Gasteiger partial charge in [0, 0.05) is 12.1 Å². The summed E-state index contributed by atoms with van der Waals surface area (Å²) in [5.74, 6) is 0. The Hall–Kier alpha value is -2.81. The van der Waals surface area contributed by atoms with Crippen LogP contribution < -0.4 is 0 Å². The van der Waals surface area contributed by atoms with Crippen LogP contribution in [0.4, 0.5) is 5.69 Å². The lowest BCUT2D eigenvalue weighted by Gasteiger charge is -2.01. The van der Waals surface area contributed by atoms with Gasteiger partial charge in [-0.3, -0.25) is 10.1 Å². The van der Waals surface area contributed by atoms with Crippen LogP contribution in [0.15, 0.2) is 53.4 Å². The highest BCUT2D eigenvalue weighted by molar-refractivity contribution is 7.89. The predicted molar refractivity (Wildman–Crippen MR) is 73.2 cm³/mol. The molecule has 0 fully saturated rings. The first-order valence-corrected chi connectivity index (χ1v) is 7.24. The molecule has 1 aromatic heterocycles. The van der Waals surface area contributed by atoms with Gasteiger partial charge in [-0.1, -0.05) is 16.3 Å². The molecule has 3 aromatic rings. The molecule has 0 N–H and O–H groups in total. The molecular formula is C12H8N4O4S. The number of nitrogens with zero attached hydrogens (tertiary/aromatic N) is 4. The molecule has 0 aliphatic heterocycles. The number of aromatic nitrogens is 3. The minimum Gasteiger partial charge on any atom is -0.258 e. The van der Waals surface area contributed by atoms with E-state index in [1.807, 2.05) is 0 Å². The van der Waals surface area contributed by atoms with Crippen molar-refractivity contribution in [3.8, 4) is 0 Å². The Bertz CT molecular complexity index is 898. The summed E-state index contributed by atoms with van der Waals surface area (Å²) in [4.78, 5) is 9.86. The van der Waals surface area contributed by atoms with Crippen LogP contribution >= 0.6 is 0 Å². The highest BCUT2D eigenvalue weighted by Gasteiger charge is 2.21. The standard InChI is InChI=1S/C12H8N4O4S/c17-15(18)9-5-7-10(8-6-9)21(19,20)16-13-11-3-1-2-4-12(11)14-16/h1-8H. The first-order chi connectivity index (χ1) is 9.98. The number of hydrogen-bond acceptors (Lipinski definition) is 6. The topological polar surface area (TPSA) is 108 Å². The summed E-state index contributed by atoms with van der Waals surface area (Å²) in [5, 5.41) is 18.4. The second-order valence-electron chi connectivity index (χ2n) is 4.17. The lowest BCUT2D eigenvalue weighted by molar-refractivity contribution is -0.384. The normalized spacial score (nSPS) is 11.6. The number of non-ortho nitro benzene ring substituents is 1. The predicted octanol–water partition coefficient (Wildman–Crippen LogP) is 1.58. The third-order valence-corrected chi connectivity index (χ3v) is 4.29. The fourth-order valence-corrected chi connectivity index (χ4v) is 2.84. The molecule has 0 aliphatic rings. The number of nitro groups is 1. The van der Waals surface area contributed by atoms with Crippen molar-refractivity contribution < 1.29 is 13.3 Å². The third-order valence-electron chi connectivity index (χ3n) is 2.83. The Morgan fingerprint density at radius 3 is 1.95 bits per heavy atom. The molecule has 0 aliphatic carbocycles. The van der Waals surface area contributed by atoms with Crippen molar-refractivity contribution >= 4 is 26.7 Å². The minimum atomic E-state index is -3.97. The van der Waals surface area contributed by atoms with Crippen molar-refractivity contribution in [3.05, 3.63) is 58.6 Å². The molecule has 0 radical (unpaired) electrons. The van der Waals surface area contributed by atoms with Crippen molar-refractivity contribution in [2.75, 3.05) is 0 Å². The summed E-state index contributed by atoms with van der Waals surface area (Å²) >= 11 is 0. The number of rotatable bonds is 3. The minimum absolute atomic E-state index is 0.117. The van der Waals surface area contributed by atoms with Crippen LogP contribution in [0, 0.1) is 10.1 Å². The van der Waals surface area contributed by atoms with Gasteiger partial charge in [0.2, 0.25) is 0 Å². The first kappa shape index (κ1) is 13.2. The lowest BCUT2D eigenvalue weighted by Crippen LogP contribution is -2.16. The molecule has 0 saturated heterocycles. The second-order valence-corrected chi connectivity index (χ2v) is 5.92. The fourth-order valence-electron chi connectivity index (χ4n) is 1.78. The molecule has 0 bridgehead atoms. The number of nitro benzene ring substituents is 1. The zero-order valence-corrected chi connectivity index (χ0v) is 11.3. The van der Waals surface area contributed by atoms with Gasteiger partial charge in [0.25, 0.3) is 15.7 Å². The molecule has 8 nitrogen and oxygen atoms in total. The molecule has 21 heavy (non-hydrogen) atoms. The van der Waals surface area contributed by atoms with Crippen LogP contribution in [0.2, 0.25) is 0 Å². The molecule has 1 heterocycles. The highest BCUT2D eigenvalue weighted by atomic mass is 32.2. The van der Waals surface area contributed by atoms with Crippen LogP contribution in [-0.2, 0) is 10.0 Å². The molecule has 2 aromatic carbocycles. The molecule has 9 heteroatoms. The second kappa shape index (κ2) is 4.63. The van der Waals surface area contributed by atoms with Crippen LogP contribution in [0.5, 0.6) is 0 Å². The van der Waals surface area contributed by atoms with Crippen LogP contribution in [0.25, 0.3) is 11.0 Å². The lowest BCUT2D eigenvalue weighted by atomic mass is 10.3. The molecule has 0 spiro atoms. The monoisotopic (exact) mass is 304 g/mol. The summed E-state index contributed by atoms with van der Waals surface area (Å²) < 4.78 is 25.3. The number of hydrogen-bond donors (Lipinski definition) is 0. The zero-order chi connectivity index (χ0) is 15.0. The third kappa shape index (κ3) is 2.23. The van der Waals surface area contributed by atoms with Crippen LogP contribution in [-0.4, -0.2) is 27.7 Å². The van der Waals surface area contributed by atoms with Crippen molar-refractivity contribution in [1.29, 1.82) is 0 Å². The first-order valence-electron chi connectivity index (χ1n) is 5.80. The summed E-state index contributed by atoms with van der Waals surface area (Å²) in [6.45, 7) is 0. The van der Waals surface area contributed by atoms with Gasteiger partial charge in [-0.05, 0) is 24.3 Å². The molecule has 3 rings (SSSR count). The Balaban J connectivity index is 2.09. The largest absolute Gasteiger partial charge is 0.299 e. The highest BCUT2D eigenvalue weighted by Crippen LogP contribution is 2.18. The van der Waals surface area contributed by atoms with Gasteiger partial charge >= 0.3 is 0 Å². The summed E-state index contributed by atoms with van der Waals surface area (Å²) in [7, 11) is -3.97. The van der Waals surface area contributed by atoms with Gasteiger partial charge < -0.3 is 0 Å². The van der Waals surface area contributed by atoms with Gasteiger partial charge in [-0.2, -0.15) is 8.42 Å². The zero-order valence-electron chi connectivity index (χ0n) is 10.4. The van der Waals surface area contributed by atoms with Crippen molar-refractivity contribution in [1.82, 2.24) is 14.4 Å². The Kier molecular flexibility index (Phi) is 2.91. The van der Waals surface area contributed by atoms with Gasteiger partial charge in [0.1, 0.15) is 11.0 Å². The van der Waals surface area contributed by atoms with Gasteiger partial charge in [-0.25, -0.2) is 0 Å². The SMILES string of the molecule is O=[N+]([O-])c1ccc(S(=O)(=O)n2nc3ccccc3n2)cc1. The van der Waals surface area contributed by atoms with Crippen molar-refractivity contribution in [2.24, 2.45) is 0 Å². The summed E-state index contributed by atoms with van der Waals surface area (Å²) in [6.07, 6.45) is 0. The van der Waals surface area contributed by atoms with E-state index in [0.717, 1.165) is 24.3 Å². The van der Waals surface area contributed by atoms with E-state index in [1.54, 1.807) is 24.3 Å². The van der Waals surface area contributed by atoms with Gasteiger partial charge in [0.05, 0.1) is 9.82 Å². The average molecular weight is 304 g/mol. The Labute approximate surface area is 118 Å². The van der Waals surface area contributed by atoms with E-state index in [4.69, 9.17) is 0 Å². The average Bonchev–Trinajstić information content (AvgIpc) is 2.92. The van der Waals surface area contributed by atoms with E-state index in [9.17, 15) is 18.5 Å².